The summed E-state index contributed by atoms with van der Waals surface area (Å²) in [5, 5.41) is 33.1. The second-order valence-corrected chi connectivity index (χ2v) is 5.61. The van der Waals surface area contributed by atoms with E-state index in [9.17, 15) is 20.2 Å². The van der Waals surface area contributed by atoms with Gasteiger partial charge in [-0.2, -0.15) is 0 Å². The van der Waals surface area contributed by atoms with Crippen molar-refractivity contribution in [2.75, 3.05) is 13.2 Å². The third-order valence-corrected chi connectivity index (χ3v) is 3.97. The average Bonchev–Trinajstić information content (AvgIpc) is 3.12. The van der Waals surface area contributed by atoms with Gasteiger partial charge in [0.15, 0.2) is 18.2 Å². The number of aliphatic hydroxyl groups is 2. The number of carbonyl (C=O) groups excluding carboxylic acids is 1. The van der Waals surface area contributed by atoms with Gasteiger partial charge in [0.25, 0.3) is 0 Å². The maximum atomic E-state index is 11.3. The number of hydrogen-bond acceptors (Lipinski definition) is 10. The SMILES string of the molecule is CCNC(=O)OC[C@H]1OC(n2cnc3c2N=CN(O)C3N)[C@H](O)[C@@H]1O. The molecular weight excluding hydrogens is 336 g/mol. The first-order valence-corrected chi connectivity index (χ1v) is 7.70. The van der Waals surface area contributed by atoms with Crippen LogP contribution in [-0.4, -0.2) is 73.9 Å². The molecule has 2 unspecified atom stereocenters. The minimum Gasteiger partial charge on any atom is -0.447 e. The minimum atomic E-state index is -1.29. The van der Waals surface area contributed by atoms with Crippen molar-refractivity contribution < 1.29 is 29.7 Å². The quantitative estimate of drug-likeness (QED) is 0.434. The Bertz CT molecular complexity index is 665. The number of imidazole rings is 1. The van der Waals surface area contributed by atoms with Crippen LogP contribution in [0, 0.1) is 0 Å². The molecule has 0 spiro atoms. The molecule has 12 nitrogen and oxygen atoms in total. The fourth-order valence-corrected chi connectivity index (χ4v) is 2.66. The summed E-state index contributed by atoms with van der Waals surface area (Å²) in [4.78, 5) is 19.4. The van der Waals surface area contributed by atoms with Crippen molar-refractivity contribution in [3.05, 3.63) is 12.0 Å². The van der Waals surface area contributed by atoms with Crippen LogP contribution in [0.4, 0.5) is 10.6 Å². The van der Waals surface area contributed by atoms with Gasteiger partial charge in [-0.3, -0.25) is 9.77 Å². The number of ether oxygens (including phenoxy) is 2. The van der Waals surface area contributed by atoms with Crippen LogP contribution in [0.3, 0.4) is 0 Å². The zero-order chi connectivity index (χ0) is 18.1. The van der Waals surface area contributed by atoms with Gasteiger partial charge in [-0.05, 0) is 6.92 Å². The summed E-state index contributed by atoms with van der Waals surface area (Å²) >= 11 is 0. The van der Waals surface area contributed by atoms with Crippen LogP contribution in [0.2, 0.25) is 0 Å². The number of alkyl carbamates (subject to hydrolysis) is 1. The summed E-state index contributed by atoms with van der Waals surface area (Å²) in [5.41, 5.74) is 6.08. The van der Waals surface area contributed by atoms with E-state index in [1.54, 1.807) is 6.92 Å². The molecule has 2 aliphatic rings. The topological polar surface area (TPSA) is 168 Å². The van der Waals surface area contributed by atoms with Gasteiger partial charge in [0.1, 0.15) is 37.0 Å². The summed E-state index contributed by atoms with van der Waals surface area (Å²) in [6.07, 6.45) is -3.58. The first-order chi connectivity index (χ1) is 11.9. The van der Waals surface area contributed by atoms with Gasteiger partial charge in [0.2, 0.25) is 0 Å². The number of hydroxylamine groups is 2. The number of fused-ring (bicyclic) bond motifs is 1. The number of carbonyl (C=O) groups is 1. The molecule has 6 N–H and O–H groups in total. The monoisotopic (exact) mass is 356 g/mol. The van der Waals surface area contributed by atoms with Crippen molar-refractivity contribution in [2.24, 2.45) is 10.7 Å². The van der Waals surface area contributed by atoms with E-state index < -0.39 is 36.8 Å². The van der Waals surface area contributed by atoms with Crippen LogP contribution >= 0.6 is 0 Å². The maximum Gasteiger partial charge on any atom is 0.407 e. The van der Waals surface area contributed by atoms with Crippen LogP contribution in [0.15, 0.2) is 11.3 Å². The molecular formula is C13H20N6O6. The molecule has 0 bridgehead atoms. The number of aliphatic imine (C=N–C) groups is 1. The summed E-state index contributed by atoms with van der Waals surface area (Å²) in [6, 6.07) is 0. The van der Waals surface area contributed by atoms with E-state index in [4.69, 9.17) is 15.2 Å². The highest BCUT2D eigenvalue weighted by atomic mass is 16.6. The number of hydrogen-bond donors (Lipinski definition) is 5. The van der Waals surface area contributed by atoms with Gasteiger partial charge in [-0.25, -0.2) is 19.8 Å². The molecule has 5 atom stereocenters. The molecule has 0 aromatic carbocycles. The number of aromatic nitrogens is 2. The Morgan fingerprint density at radius 3 is 2.96 bits per heavy atom. The predicted molar refractivity (Wildman–Crippen MR) is 81.9 cm³/mol. The minimum absolute atomic E-state index is 0.232. The Balaban J connectivity index is 1.74. The number of nitrogens with zero attached hydrogens (tertiary/aromatic N) is 4. The molecule has 2 aliphatic heterocycles. The van der Waals surface area contributed by atoms with E-state index in [0.717, 1.165) is 6.34 Å². The van der Waals surface area contributed by atoms with E-state index in [-0.39, 0.29) is 12.3 Å². The molecule has 0 aliphatic carbocycles. The van der Waals surface area contributed by atoms with Gasteiger partial charge in [0.05, 0.1) is 6.33 Å². The van der Waals surface area contributed by atoms with Crippen LogP contribution in [0.25, 0.3) is 0 Å². The molecule has 3 heterocycles. The average molecular weight is 356 g/mol. The Morgan fingerprint density at radius 1 is 1.48 bits per heavy atom. The van der Waals surface area contributed by atoms with Gasteiger partial charge in [0, 0.05) is 6.54 Å². The van der Waals surface area contributed by atoms with Gasteiger partial charge >= 0.3 is 6.09 Å². The highest BCUT2D eigenvalue weighted by Gasteiger charge is 2.45. The second kappa shape index (κ2) is 6.93. The lowest BCUT2D eigenvalue weighted by Gasteiger charge is -2.24. The molecule has 138 valence electrons. The molecule has 12 heteroatoms. The van der Waals surface area contributed by atoms with Crippen LogP contribution in [0.1, 0.15) is 25.0 Å². The van der Waals surface area contributed by atoms with Gasteiger partial charge in [-0.1, -0.05) is 0 Å². The molecule has 25 heavy (non-hydrogen) atoms. The van der Waals surface area contributed by atoms with Crippen molar-refractivity contribution in [3.8, 4) is 0 Å². The van der Waals surface area contributed by atoms with E-state index >= 15 is 0 Å². The van der Waals surface area contributed by atoms with Crippen molar-refractivity contribution in [3.63, 3.8) is 0 Å². The van der Waals surface area contributed by atoms with Gasteiger partial charge in [-0.15, -0.1) is 0 Å². The summed E-state index contributed by atoms with van der Waals surface area (Å²) < 4.78 is 11.9. The van der Waals surface area contributed by atoms with Gasteiger partial charge < -0.3 is 30.7 Å². The molecule has 1 fully saturated rings. The number of rotatable bonds is 4. The first-order valence-electron chi connectivity index (χ1n) is 7.70. The number of amides is 1. The standard InChI is InChI=1S/C13H20N6O6/c1-2-15-13(22)24-3-6-8(20)9(21)12(25-6)18-4-16-7-10(14)19(23)5-17-11(7)18/h4-6,8-10,12,20-21,23H,2-3,14H2,1H3,(H,15,22)/t6-,8-,9-,10?,12?/m1/s1. The largest absolute Gasteiger partial charge is 0.447 e. The maximum absolute atomic E-state index is 11.3. The third-order valence-electron chi connectivity index (χ3n) is 3.97. The zero-order valence-electron chi connectivity index (χ0n) is 13.4. The molecule has 1 saturated heterocycles. The molecule has 1 aromatic heterocycles. The van der Waals surface area contributed by atoms with Crippen molar-refractivity contribution in [2.45, 2.75) is 37.6 Å². The Hall–Kier alpha value is -2.25. The van der Waals surface area contributed by atoms with E-state index in [2.05, 4.69) is 15.3 Å². The lowest BCUT2D eigenvalue weighted by Crippen LogP contribution is -2.36. The molecule has 0 radical (unpaired) electrons. The highest BCUT2D eigenvalue weighted by Crippen LogP contribution is 2.36. The lowest BCUT2D eigenvalue weighted by molar-refractivity contribution is -0.0565. The van der Waals surface area contributed by atoms with Crippen molar-refractivity contribution in [1.29, 1.82) is 0 Å². The Morgan fingerprint density at radius 2 is 2.24 bits per heavy atom. The lowest BCUT2D eigenvalue weighted by atomic mass is 10.1. The first kappa shape index (κ1) is 17.6. The van der Waals surface area contributed by atoms with Crippen LogP contribution < -0.4 is 11.1 Å². The predicted octanol–water partition coefficient (Wildman–Crippen LogP) is -1.43. The van der Waals surface area contributed by atoms with E-state index in [1.165, 1.54) is 10.9 Å². The summed E-state index contributed by atoms with van der Waals surface area (Å²) in [5.74, 6) is 0.291. The molecule has 1 aromatic rings. The fraction of sp³-hybridized carbons (Fsp3) is 0.615. The third kappa shape index (κ3) is 3.17. The second-order valence-electron chi connectivity index (χ2n) is 5.61. The normalized spacial score (nSPS) is 31.1. The molecule has 3 rings (SSSR count). The zero-order valence-corrected chi connectivity index (χ0v) is 13.4. The van der Waals surface area contributed by atoms with Crippen LogP contribution in [0.5, 0.6) is 0 Å². The van der Waals surface area contributed by atoms with Crippen molar-refractivity contribution in [1.82, 2.24) is 19.9 Å². The van der Waals surface area contributed by atoms with E-state index in [0.29, 0.717) is 17.4 Å². The number of aliphatic hydroxyl groups excluding tert-OH is 2. The fourth-order valence-electron chi connectivity index (χ4n) is 2.66. The summed E-state index contributed by atoms with van der Waals surface area (Å²) in [7, 11) is 0. The Kier molecular flexibility index (Phi) is 4.87. The number of nitrogens with one attached hydrogen (secondary N) is 1. The van der Waals surface area contributed by atoms with E-state index in [1.807, 2.05) is 0 Å². The van der Waals surface area contributed by atoms with Crippen molar-refractivity contribution >= 4 is 18.2 Å². The summed E-state index contributed by atoms with van der Waals surface area (Å²) in [6.45, 7) is 1.91. The molecule has 0 saturated carbocycles. The smallest absolute Gasteiger partial charge is 0.407 e. The molecule has 1 amide bonds. The number of nitrogens with two attached hydrogens (primary N) is 1. The Labute approximate surface area is 142 Å². The van der Waals surface area contributed by atoms with Crippen LogP contribution in [-0.2, 0) is 9.47 Å². The highest BCUT2D eigenvalue weighted by molar-refractivity contribution is 5.67.